The Hall–Kier alpha value is -7.32. The first-order valence-electron chi connectivity index (χ1n) is 19.7. The molecule has 8 heteroatoms. The Morgan fingerprint density at radius 3 is 1.53 bits per heavy atom. The highest BCUT2D eigenvalue weighted by Gasteiger charge is 2.32. The summed E-state index contributed by atoms with van der Waals surface area (Å²) >= 11 is 0. The quantitative estimate of drug-likeness (QED) is 0.176. The summed E-state index contributed by atoms with van der Waals surface area (Å²) in [5.41, 5.74) is 9.86. The number of hydrogen-bond acceptors (Lipinski definition) is 1. The van der Waals surface area contributed by atoms with Crippen molar-refractivity contribution < 1.29 is 13.2 Å². The third kappa shape index (κ3) is 4.59. The van der Waals surface area contributed by atoms with E-state index in [-0.39, 0.29) is 0 Å². The highest BCUT2D eigenvalue weighted by atomic mass is 19.4. The molecule has 0 spiro atoms. The van der Waals surface area contributed by atoms with Gasteiger partial charge in [-0.05, 0) is 72.6 Å². The van der Waals surface area contributed by atoms with Crippen LogP contribution in [0.25, 0.3) is 110 Å². The monoisotopic (exact) mass is 773 g/mol. The average molecular weight is 774 g/mol. The largest absolute Gasteiger partial charge is 0.416 e. The van der Waals surface area contributed by atoms with E-state index in [1.165, 1.54) is 12.1 Å². The Labute approximate surface area is 335 Å². The third-order valence-corrected chi connectivity index (χ3v) is 12.5. The van der Waals surface area contributed by atoms with Crippen LogP contribution in [0.3, 0.4) is 0 Å². The predicted molar refractivity (Wildman–Crippen MR) is 236 cm³/mol. The molecule has 0 saturated carbocycles. The van der Waals surface area contributed by atoms with E-state index >= 15 is 0 Å². The molecule has 59 heavy (non-hydrogen) atoms. The van der Waals surface area contributed by atoms with Gasteiger partial charge in [-0.2, -0.15) is 13.2 Å². The lowest BCUT2D eigenvalue weighted by Crippen LogP contribution is -2.07. The minimum Gasteiger partial charge on any atom is -0.344 e. The Morgan fingerprint density at radius 2 is 0.966 bits per heavy atom. The maximum Gasteiger partial charge on any atom is 0.416 e. The Bertz CT molecular complexity index is 3760. The number of aromatic nitrogens is 5. The van der Waals surface area contributed by atoms with Gasteiger partial charge in [0.05, 0.1) is 50.5 Å². The number of rotatable bonds is 3. The summed E-state index contributed by atoms with van der Waals surface area (Å²) in [5.74, 6) is 0.613. The van der Waals surface area contributed by atoms with Crippen LogP contribution in [0.4, 0.5) is 13.2 Å². The molecule has 0 unspecified atom stereocenters. The number of para-hydroxylation sites is 4. The standard InChI is InChI=1S/C51H34F3N5/c1-29-24-30(26-31(25-29)51(52,53)54)38-27-46(59-42-19-11-5-13-33(42)35-21-23-44-48(50(35)59)37-15-7-9-17-40(37)57(44)3)55-28-45(38)58-41-18-10-4-12-32(41)34-20-22-43-47(49(34)58)36-14-6-8-16-39(36)56(43)2/h4-28H,1-3H3. The molecule has 0 saturated heterocycles. The molecule has 0 N–H and O–H groups in total. The maximum atomic E-state index is 14.7. The number of hydrogen-bond donors (Lipinski definition) is 0. The Kier molecular flexibility index (Phi) is 6.79. The lowest BCUT2D eigenvalue weighted by atomic mass is 9.99. The highest BCUT2D eigenvalue weighted by molar-refractivity contribution is 6.27. The van der Waals surface area contributed by atoms with Crippen LogP contribution in [0.15, 0.2) is 152 Å². The summed E-state index contributed by atoms with van der Waals surface area (Å²) in [4.78, 5) is 5.32. The van der Waals surface area contributed by atoms with Gasteiger partial charge in [-0.15, -0.1) is 0 Å². The molecular formula is C51H34F3N5. The molecular weight excluding hydrogens is 740 g/mol. The lowest BCUT2D eigenvalue weighted by molar-refractivity contribution is -0.137. The van der Waals surface area contributed by atoms with E-state index in [9.17, 15) is 13.2 Å². The number of benzene rings is 7. The van der Waals surface area contributed by atoms with Gasteiger partial charge < -0.3 is 13.7 Å². The molecule has 284 valence electrons. The fourth-order valence-electron chi connectivity index (χ4n) is 9.96. The van der Waals surface area contributed by atoms with E-state index in [4.69, 9.17) is 4.98 Å². The molecule has 12 aromatic rings. The van der Waals surface area contributed by atoms with Crippen LogP contribution in [0.1, 0.15) is 11.1 Å². The van der Waals surface area contributed by atoms with Gasteiger partial charge in [-0.25, -0.2) is 4.98 Å². The number of alkyl halides is 3. The molecule has 5 aromatic heterocycles. The van der Waals surface area contributed by atoms with Crippen molar-refractivity contribution in [1.82, 2.24) is 23.3 Å². The van der Waals surface area contributed by atoms with Crippen LogP contribution in [-0.2, 0) is 20.3 Å². The smallest absolute Gasteiger partial charge is 0.344 e. The lowest BCUT2D eigenvalue weighted by Gasteiger charge is -2.18. The number of aryl methyl sites for hydroxylation is 3. The number of fused-ring (bicyclic) bond motifs is 14. The summed E-state index contributed by atoms with van der Waals surface area (Å²) < 4.78 is 52.9. The summed E-state index contributed by atoms with van der Waals surface area (Å²) in [6.45, 7) is 1.73. The van der Waals surface area contributed by atoms with Crippen molar-refractivity contribution in [3.63, 3.8) is 0 Å². The van der Waals surface area contributed by atoms with E-state index in [0.717, 1.165) is 87.2 Å². The minimum absolute atomic E-state index is 0.461. The summed E-state index contributed by atoms with van der Waals surface area (Å²) in [6, 6.07) is 48.4. The zero-order valence-corrected chi connectivity index (χ0v) is 32.3. The topological polar surface area (TPSA) is 32.6 Å². The second kappa shape index (κ2) is 11.9. The molecule has 5 nitrogen and oxygen atoms in total. The van der Waals surface area contributed by atoms with Gasteiger partial charge in [0.1, 0.15) is 5.82 Å². The molecule has 0 aliphatic carbocycles. The second-order valence-electron chi connectivity index (χ2n) is 15.7. The molecule has 0 fully saturated rings. The van der Waals surface area contributed by atoms with Gasteiger partial charge in [-0.1, -0.05) is 91.0 Å². The Morgan fingerprint density at radius 1 is 0.475 bits per heavy atom. The third-order valence-electron chi connectivity index (χ3n) is 12.5. The first kappa shape index (κ1) is 33.8. The number of pyridine rings is 1. The zero-order valence-electron chi connectivity index (χ0n) is 32.3. The van der Waals surface area contributed by atoms with Crippen molar-refractivity contribution in [2.24, 2.45) is 14.1 Å². The molecule has 0 aliphatic heterocycles. The van der Waals surface area contributed by atoms with Gasteiger partial charge in [0.15, 0.2) is 0 Å². The van der Waals surface area contributed by atoms with Crippen LogP contribution in [0, 0.1) is 6.92 Å². The van der Waals surface area contributed by atoms with Crippen molar-refractivity contribution in [2.75, 3.05) is 0 Å². The van der Waals surface area contributed by atoms with Gasteiger partial charge in [0.25, 0.3) is 0 Å². The Balaban J connectivity index is 1.26. The van der Waals surface area contributed by atoms with Crippen LogP contribution >= 0.6 is 0 Å². The first-order chi connectivity index (χ1) is 28.7. The van der Waals surface area contributed by atoms with Crippen molar-refractivity contribution in [3.05, 3.63) is 163 Å². The SMILES string of the molecule is Cc1cc(-c2cc(-n3c4ccccc4c4ccc5c(c6ccccc6n5C)c43)ncc2-n2c3ccccc3c3ccc4c(c5ccccc5n4C)c32)cc(C(F)(F)F)c1. The van der Waals surface area contributed by atoms with E-state index in [1.54, 1.807) is 6.92 Å². The van der Waals surface area contributed by atoms with Crippen LogP contribution in [-0.4, -0.2) is 23.3 Å². The molecule has 12 rings (SSSR count). The normalized spacial score (nSPS) is 12.6. The molecule has 0 aliphatic rings. The van der Waals surface area contributed by atoms with Crippen molar-refractivity contribution in [2.45, 2.75) is 13.1 Å². The molecule has 5 heterocycles. The maximum absolute atomic E-state index is 14.7. The summed E-state index contributed by atoms with van der Waals surface area (Å²) in [5, 5.41) is 8.65. The average Bonchev–Trinajstić information content (AvgIpc) is 3.95. The van der Waals surface area contributed by atoms with Gasteiger partial charge in [0.2, 0.25) is 0 Å². The zero-order chi connectivity index (χ0) is 39.9. The van der Waals surface area contributed by atoms with E-state index < -0.39 is 11.7 Å². The molecule has 0 atom stereocenters. The predicted octanol–water partition coefficient (Wildman–Crippen LogP) is 13.6. The van der Waals surface area contributed by atoms with E-state index in [0.29, 0.717) is 28.2 Å². The van der Waals surface area contributed by atoms with Crippen LogP contribution in [0.5, 0.6) is 0 Å². The summed E-state index contributed by atoms with van der Waals surface area (Å²) in [7, 11) is 4.17. The van der Waals surface area contributed by atoms with Gasteiger partial charge in [-0.3, -0.25) is 4.57 Å². The fraction of sp³-hybridized carbons (Fsp3) is 0.0784. The number of nitrogens with zero attached hydrogens (tertiary/aromatic N) is 5. The van der Waals surface area contributed by atoms with Crippen LogP contribution < -0.4 is 0 Å². The second-order valence-corrected chi connectivity index (χ2v) is 15.7. The van der Waals surface area contributed by atoms with Crippen molar-refractivity contribution in [1.29, 1.82) is 0 Å². The van der Waals surface area contributed by atoms with E-state index in [2.05, 4.69) is 123 Å². The fourth-order valence-corrected chi connectivity index (χ4v) is 9.96. The van der Waals surface area contributed by atoms with Crippen molar-refractivity contribution >= 4 is 87.2 Å². The molecule has 0 amide bonds. The molecule has 0 bridgehead atoms. The first-order valence-corrected chi connectivity index (χ1v) is 19.7. The molecule has 0 radical (unpaired) electrons. The van der Waals surface area contributed by atoms with Gasteiger partial charge >= 0.3 is 6.18 Å². The van der Waals surface area contributed by atoms with E-state index in [1.807, 2.05) is 48.7 Å². The minimum atomic E-state index is -4.54. The summed E-state index contributed by atoms with van der Waals surface area (Å²) in [6.07, 6.45) is -2.68. The molecule has 7 aromatic carbocycles. The van der Waals surface area contributed by atoms with Gasteiger partial charge in [0, 0.05) is 73.8 Å². The van der Waals surface area contributed by atoms with Crippen molar-refractivity contribution in [3.8, 4) is 22.6 Å². The van der Waals surface area contributed by atoms with Crippen LogP contribution in [0.2, 0.25) is 0 Å². The highest BCUT2D eigenvalue weighted by Crippen LogP contribution is 2.45. The number of halogens is 3.